The molecular weight excluding hydrogens is 214 g/mol. The van der Waals surface area contributed by atoms with Crippen molar-refractivity contribution in [1.82, 2.24) is 4.57 Å². The van der Waals surface area contributed by atoms with E-state index in [1.165, 1.54) is 0 Å². The monoisotopic (exact) mass is 227 g/mol. The van der Waals surface area contributed by atoms with Crippen LogP contribution in [0.3, 0.4) is 0 Å². The Morgan fingerprint density at radius 2 is 2.07 bits per heavy atom. The van der Waals surface area contributed by atoms with Crippen molar-refractivity contribution in [3.63, 3.8) is 0 Å². The van der Waals surface area contributed by atoms with Gasteiger partial charge in [-0.2, -0.15) is 0 Å². The van der Waals surface area contributed by atoms with Gasteiger partial charge in [0.05, 0.1) is 0 Å². The second kappa shape index (κ2) is 4.62. The van der Waals surface area contributed by atoms with Gasteiger partial charge in [0.2, 0.25) is 0 Å². The molecule has 0 saturated carbocycles. The number of hydrogen-bond donors (Lipinski definition) is 0. The van der Waals surface area contributed by atoms with Crippen molar-refractivity contribution in [2.24, 2.45) is 0 Å². The van der Waals surface area contributed by atoms with Gasteiger partial charge in [-0.05, 0) is 43.5 Å². The topological polar surface area (TPSA) is 39.1 Å². The van der Waals surface area contributed by atoms with Crippen LogP contribution in [0.2, 0.25) is 0 Å². The second-order valence-electron chi connectivity index (χ2n) is 3.57. The maximum atomic E-state index is 11.9. The number of halogens is 1. The van der Waals surface area contributed by atoms with E-state index < -0.39 is 5.24 Å². The standard InChI is InChI=1S/C11H14ClNO2/c1-4-5-13-8(3)6-7(2)9(10(12)14)11(13)15/h6H,4-5H2,1-3H3. The highest BCUT2D eigenvalue weighted by molar-refractivity contribution is 6.67. The maximum absolute atomic E-state index is 11.9. The van der Waals surface area contributed by atoms with Gasteiger partial charge < -0.3 is 4.57 Å². The van der Waals surface area contributed by atoms with Crippen LogP contribution in [0.15, 0.2) is 10.9 Å². The first-order chi connectivity index (χ1) is 6.99. The molecule has 0 amide bonds. The molecule has 0 bridgehead atoms. The van der Waals surface area contributed by atoms with Crippen LogP contribution in [0.5, 0.6) is 0 Å². The largest absolute Gasteiger partial charge is 0.312 e. The van der Waals surface area contributed by atoms with Crippen molar-refractivity contribution >= 4 is 16.8 Å². The van der Waals surface area contributed by atoms with E-state index in [1.807, 2.05) is 19.9 Å². The van der Waals surface area contributed by atoms with Crippen LogP contribution in [0.4, 0.5) is 0 Å². The molecule has 0 aromatic carbocycles. The Morgan fingerprint density at radius 3 is 2.53 bits per heavy atom. The molecule has 0 spiro atoms. The third-order valence-electron chi connectivity index (χ3n) is 2.35. The number of pyridine rings is 1. The van der Waals surface area contributed by atoms with Crippen molar-refractivity contribution < 1.29 is 4.79 Å². The molecule has 1 aromatic heterocycles. The van der Waals surface area contributed by atoms with Crippen molar-refractivity contribution in [2.75, 3.05) is 0 Å². The third kappa shape index (κ3) is 2.29. The summed E-state index contributed by atoms with van der Waals surface area (Å²) >= 11 is 5.39. The molecule has 0 atom stereocenters. The molecule has 1 heterocycles. The lowest BCUT2D eigenvalue weighted by atomic mass is 10.1. The SMILES string of the molecule is CCCn1c(C)cc(C)c(C(=O)Cl)c1=O. The van der Waals surface area contributed by atoms with Gasteiger partial charge in [0, 0.05) is 12.2 Å². The molecule has 4 heteroatoms. The summed E-state index contributed by atoms with van der Waals surface area (Å²) in [7, 11) is 0. The van der Waals surface area contributed by atoms with Crippen LogP contribution in [-0.4, -0.2) is 9.81 Å². The second-order valence-corrected chi connectivity index (χ2v) is 3.92. The van der Waals surface area contributed by atoms with Crippen molar-refractivity contribution in [3.8, 4) is 0 Å². The molecular formula is C11H14ClNO2. The molecule has 1 aromatic rings. The summed E-state index contributed by atoms with van der Waals surface area (Å²) in [5.74, 6) is 0. The zero-order valence-electron chi connectivity index (χ0n) is 9.13. The summed E-state index contributed by atoms with van der Waals surface area (Å²) in [6.07, 6.45) is 0.847. The average Bonchev–Trinajstić information content (AvgIpc) is 2.11. The fraction of sp³-hybridized carbons (Fsp3) is 0.455. The van der Waals surface area contributed by atoms with E-state index in [0.717, 1.165) is 12.1 Å². The highest BCUT2D eigenvalue weighted by Gasteiger charge is 2.14. The molecule has 0 radical (unpaired) electrons. The van der Waals surface area contributed by atoms with E-state index in [4.69, 9.17) is 11.6 Å². The number of aryl methyl sites for hydroxylation is 2. The van der Waals surface area contributed by atoms with Crippen LogP contribution in [0.1, 0.15) is 35.0 Å². The zero-order valence-corrected chi connectivity index (χ0v) is 9.89. The van der Waals surface area contributed by atoms with Crippen LogP contribution < -0.4 is 5.56 Å². The van der Waals surface area contributed by atoms with Crippen molar-refractivity contribution in [1.29, 1.82) is 0 Å². The molecule has 0 N–H and O–H groups in total. The van der Waals surface area contributed by atoms with Crippen LogP contribution in [0, 0.1) is 13.8 Å². The van der Waals surface area contributed by atoms with Crippen LogP contribution >= 0.6 is 11.6 Å². The van der Waals surface area contributed by atoms with Crippen molar-refractivity contribution in [2.45, 2.75) is 33.7 Å². The van der Waals surface area contributed by atoms with E-state index in [9.17, 15) is 9.59 Å². The minimum atomic E-state index is -0.678. The molecule has 0 aliphatic carbocycles. The molecule has 0 unspecified atom stereocenters. The molecule has 3 nitrogen and oxygen atoms in total. The Kier molecular flexibility index (Phi) is 3.69. The number of carbonyl (C=O) groups is 1. The van der Waals surface area contributed by atoms with Gasteiger partial charge in [-0.25, -0.2) is 0 Å². The van der Waals surface area contributed by atoms with E-state index in [0.29, 0.717) is 12.1 Å². The summed E-state index contributed by atoms with van der Waals surface area (Å²) in [6, 6.07) is 1.81. The quantitative estimate of drug-likeness (QED) is 0.743. The fourth-order valence-electron chi connectivity index (χ4n) is 1.67. The van der Waals surface area contributed by atoms with E-state index in [-0.39, 0.29) is 11.1 Å². The summed E-state index contributed by atoms with van der Waals surface area (Å²) in [5, 5.41) is -0.678. The summed E-state index contributed by atoms with van der Waals surface area (Å²) in [6.45, 7) is 6.17. The lowest BCUT2D eigenvalue weighted by Gasteiger charge is -2.11. The van der Waals surface area contributed by atoms with Gasteiger partial charge >= 0.3 is 0 Å². The molecule has 0 aliphatic heterocycles. The fourth-order valence-corrected chi connectivity index (χ4v) is 1.90. The number of carbonyl (C=O) groups excluding carboxylic acids is 1. The number of aromatic nitrogens is 1. The molecule has 82 valence electrons. The first-order valence-corrected chi connectivity index (χ1v) is 5.27. The summed E-state index contributed by atoms with van der Waals surface area (Å²) < 4.78 is 1.59. The van der Waals surface area contributed by atoms with Gasteiger partial charge in [0.1, 0.15) is 5.56 Å². The molecule has 0 fully saturated rings. The molecule has 0 aliphatic rings. The predicted octanol–water partition coefficient (Wildman–Crippen LogP) is 2.25. The van der Waals surface area contributed by atoms with Crippen LogP contribution in [-0.2, 0) is 6.54 Å². The molecule has 1 rings (SSSR count). The van der Waals surface area contributed by atoms with Gasteiger partial charge in [-0.3, -0.25) is 9.59 Å². The lowest BCUT2D eigenvalue weighted by Crippen LogP contribution is -2.28. The average molecular weight is 228 g/mol. The van der Waals surface area contributed by atoms with Gasteiger partial charge in [-0.15, -0.1) is 0 Å². The highest BCUT2D eigenvalue weighted by Crippen LogP contribution is 2.09. The van der Waals surface area contributed by atoms with E-state index >= 15 is 0 Å². The van der Waals surface area contributed by atoms with E-state index in [2.05, 4.69) is 0 Å². The first-order valence-electron chi connectivity index (χ1n) is 4.90. The highest BCUT2D eigenvalue weighted by atomic mass is 35.5. The number of hydrogen-bond acceptors (Lipinski definition) is 2. The number of nitrogens with zero attached hydrogens (tertiary/aromatic N) is 1. The Labute approximate surface area is 93.7 Å². The van der Waals surface area contributed by atoms with Crippen molar-refractivity contribution in [3.05, 3.63) is 33.2 Å². The smallest absolute Gasteiger partial charge is 0.263 e. The Morgan fingerprint density at radius 1 is 1.47 bits per heavy atom. The van der Waals surface area contributed by atoms with Gasteiger partial charge in [0.25, 0.3) is 10.8 Å². The normalized spacial score (nSPS) is 10.4. The lowest BCUT2D eigenvalue weighted by molar-refractivity contribution is 0.107. The Bertz CT molecular complexity index is 449. The summed E-state index contributed by atoms with van der Waals surface area (Å²) in [4.78, 5) is 23.0. The maximum Gasteiger partial charge on any atom is 0.263 e. The Hall–Kier alpha value is -1.09. The van der Waals surface area contributed by atoms with Crippen LogP contribution in [0.25, 0.3) is 0 Å². The minimum absolute atomic E-state index is 0.0933. The number of rotatable bonds is 3. The third-order valence-corrected chi connectivity index (χ3v) is 2.54. The zero-order chi connectivity index (χ0) is 11.6. The summed E-state index contributed by atoms with van der Waals surface area (Å²) in [5.41, 5.74) is 1.32. The van der Waals surface area contributed by atoms with Gasteiger partial charge in [0.15, 0.2) is 0 Å². The minimum Gasteiger partial charge on any atom is -0.312 e. The van der Waals surface area contributed by atoms with E-state index in [1.54, 1.807) is 11.5 Å². The van der Waals surface area contributed by atoms with Gasteiger partial charge in [-0.1, -0.05) is 6.92 Å². The Balaban J connectivity index is 3.49. The predicted molar refractivity (Wildman–Crippen MR) is 60.7 cm³/mol. The first kappa shape index (κ1) is 12.0. The molecule has 15 heavy (non-hydrogen) atoms. The molecule has 0 saturated heterocycles.